The summed E-state index contributed by atoms with van der Waals surface area (Å²) < 4.78 is 7.46. The summed E-state index contributed by atoms with van der Waals surface area (Å²) in [5, 5.41) is 0. The van der Waals surface area contributed by atoms with Gasteiger partial charge in [0.25, 0.3) is 5.91 Å². The molecule has 1 aromatic heterocycles. The molecule has 4 aromatic rings. The lowest BCUT2D eigenvalue weighted by atomic mass is 10.0. The second kappa shape index (κ2) is 9.27. The van der Waals surface area contributed by atoms with Crippen LogP contribution in [0.1, 0.15) is 40.7 Å². The number of nitrogens with zero attached hydrogens (tertiary/aromatic N) is 3. The number of hydrogen-bond donors (Lipinski definition) is 0. The smallest absolute Gasteiger partial charge is 0.254 e. The Labute approximate surface area is 189 Å². The van der Waals surface area contributed by atoms with Crippen molar-refractivity contribution < 1.29 is 9.53 Å². The van der Waals surface area contributed by atoms with Crippen molar-refractivity contribution in [3.8, 4) is 11.4 Å². The fraction of sp³-hybridized carbons (Fsp3) is 0.259. The molecule has 0 aliphatic carbocycles. The summed E-state index contributed by atoms with van der Waals surface area (Å²) in [5.41, 5.74) is 5.70. The number of rotatable bonds is 7. The topological polar surface area (TPSA) is 47.4 Å². The van der Waals surface area contributed by atoms with Gasteiger partial charge in [0.2, 0.25) is 0 Å². The van der Waals surface area contributed by atoms with E-state index in [0.717, 1.165) is 51.4 Å². The van der Waals surface area contributed by atoms with Crippen LogP contribution in [-0.4, -0.2) is 34.0 Å². The molecule has 0 aliphatic rings. The first kappa shape index (κ1) is 21.6. The first-order valence-corrected chi connectivity index (χ1v) is 11.0. The number of methoxy groups -OCH3 is 1. The minimum atomic E-state index is 0.0517. The molecule has 0 aliphatic heterocycles. The van der Waals surface area contributed by atoms with Crippen LogP contribution >= 0.6 is 0 Å². The summed E-state index contributed by atoms with van der Waals surface area (Å²) in [6.07, 6.45) is 0.874. The fourth-order valence-corrected chi connectivity index (χ4v) is 4.20. The summed E-state index contributed by atoms with van der Waals surface area (Å²) in [6, 6.07) is 22.0. The Bertz CT molecular complexity index is 1220. The Balaban J connectivity index is 1.78. The molecule has 3 aromatic carbocycles. The number of carbonyl (C=O) groups excluding carboxylic acids is 1. The minimum Gasteiger partial charge on any atom is -0.497 e. The van der Waals surface area contributed by atoms with E-state index in [2.05, 4.69) is 17.6 Å². The van der Waals surface area contributed by atoms with Gasteiger partial charge in [0, 0.05) is 17.8 Å². The molecule has 164 valence electrons. The molecular formula is C27H29N3O2. The molecular weight excluding hydrogens is 398 g/mol. The van der Waals surface area contributed by atoms with Crippen LogP contribution in [-0.2, 0) is 6.54 Å². The van der Waals surface area contributed by atoms with Gasteiger partial charge in [-0.3, -0.25) is 9.36 Å². The van der Waals surface area contributed by atoms with E-state index in [1.165, 1.54) is 0 Å². The maximum Gasteiger partial charge on any atom is 0.254 e. The van der Waals surface area contributed by atoms with E-state index in [-0.39, 0.29) is 5.91 Å². The predicted octanol–water partition coefficient (Wildman–Crippen LogP) is 5.70. The highest BCUT2D eigenvalue weighted by atomic mass is 16.5. The van der Waals surface area contributed by atoms with Crippen molar-refractivity contribution in [2.45, 2.75) is 33.7 Å². The zero-order chi connectivity index (χ0) is 22.7. The monoisotopic (exact) mass is 427 g/mol. The van der Waals surface area contributed by atoms with Crippen LogP contribution in [0.5, 0.6) is 5.75 Å². The second-order valence-electron chi connectivity index (χ2n) is 8.04. The number of aryl methyl sites for hydroxylation is 2. The summed E-state index contributed by atoms with van der Waals surface area (Å²) in [7, 11) is 1.66. The van der Waals surface area contributed by atoms with E-state index in [1.807, 2.05) is 79.4 Å². The van der Waals surface area contributed by atoms with Crippen LogP contribution in [0, 0.1) is 13.8 Å². The van der Waals surface area contributed by atoms with Gasteiger partial charge in [0.1, 0.15) is 11.6 Å². The van der Waals surface area contributed by atoms with Gasteiger partial charge in [-0.15, -0.1) is 0 Å². The molecule has 0 N–H and O–H groups in total. The molecule has 5 heteroatoms. The second-order valence-corrected chi connectivity index (χ2v) is 8.04. The lowest BCUT2D eigenvalue weighted by Crippen LogP contribution is -2.33. The molecule has 0 bridgehead atoms. The van der Waals surface area contributed by atoms with Gasteiger partial charge < -0.3 is 9.64 Å². The van der Waals surface area contributed by atoms with Crippen molar-refractivity contribution in [2.24, 2.45) is 0 Å². The lowest BCUT2D eigenvalue weighted by Gasteiger charge is -2.24. The third-order valence-corrected chi connectivity index (χ3v) is 5.77. The zero-order valence-corrected chi connectivity index (χ0v) is 19.1. The van der Waals surface area contributed by atoms with Gasteiger partial charge in [0.05, 0.1) is 24.7 Å². The Morgan fingerprint density at radius 3 is 2.31 bits per heavy atom. The molecule has 1 amide bonds. The molecule has 0 unspecified atom stereocenters. The highest BCUT2D eigenvalue weighted by molar-refractivity contribution is 5.97. The van der Waals surface area contributed by atoms with Gasteiger partial charge in [-0.1, -0.05) is 37.3 Å². The Kier molecular flexibility index (Phi) is 6.26. The van der Waals surface area contributed by atoms with E-state index in [4.69, 9.17) is 9.72 Å². The SMILES string of the molecule is CCCN(Cc1nc2ccccc2n1-c1ccc(OC)cc1)C(=O)c1c(C)cccc1C. The van der Waals surface area contributed by atoms with Crippen molar-refractivity contribution in [2.75, 3.05) is 13.7 Å². The molecule has 0 radical (unpaired) electrons. The quantitative estimate of drug-likeness (QED) is 0.380. The molecule has 0 saturated heterocycles. The predicted molar refractivity (Wildman–Crippen MR) is 129 cm³/mol. The Morgan fingerprint density at radius 1 is 0.969 bits per heavy atom. The number of amides is 1. The largest absolute Gasteiger partial charge is 0.497 e. The average Bonchev–Trinajstić information content (AvgIpc) is 3.16. The van der Waals surface area contributed by atoms with Crippen molar-refractivity contribution in [1.82, 2.24) is 14.5 Å². The number of benzene rings is 3. The van der Waals surface area contributed by atoms with E-state index >= 15 is 0 Å². The van der Waals surface area contributed by atoms with Crippen LogP contribution in [0.2, 0.25) is 0 Å². The van der Waals surface area contributed by atoms with Crippen molar-refractivity contribution >= 4 is 16.9 Å². The third kappa shape index (κ3) is 4.11. The Hall–Kier alpha value is -3.60. The number of fused-ring (bicyclic) bond motifs is 1. The lowest BCUT2D eigenvalue weighted by molar-refractivity contribution is 0.0737. The third-order valence-electron chi connectivity index (χ3n) is 5.77. The first-order valence-electron chi connectivity index (χ1n) is 11.0. The van der Waals surface area contributed by atoms with E-state index in [1.54, 1.807) is 7.11 Å². The van der Waals surface area contributed by atoms with Crippen molar-refractivity contribution in [3.05, 3.63) is 89.2 Å². The fourth-order valence-electron chi connectivity index (χ4n) is 4.20. The van der Waals surface area contributed by atoms with E-state index in [0.29, 0.717) is 13.1 Å². The maximum absolute atomic E-state index is 13.6. The van der Waals surface area contributed by atoms with Crippen LogP contribution in [0.4, 0.5) is 0 Å². The van der Waals surface area contributed by atoms with Crippen molar-refractivity contribution in [3.63, 3.8) is 0 Å². The molecule has 0 spiro atoms. The molecule has 0 saturated carbocycles. The van der Waals surface area contributed by atoms with Gasteiger partial charge in [-0.2, -0.15) is 0 Å². The molecule has 32 heavy (non-hydrogen) atoms. The summed E-state index contributed by atoms with van der Waals surface area (Å²) in [6.45, 7) is 7.19. The Morgan fingerprint density at radius 2 is 1.66 bits per heavy atom. The zero-order valence-electron chi connectivity index (χ0n) is 19.1. The first-order chi connectivity index (χ1) is 15.5. The maximum atomic E-state index is 13.6. The van der Waals surface area contributed by atoms with Crippen LogP contribution < -0.4 is 4.74 Å². The summed E-state index contributed by atoms with van der Waals surface area (Å²) >= 11 is 0. The molecule has 5 nitrogen and oxygen atoms in total. The van der Waals surface area contributed by atoms with Crippen LogP contribution in [0.25, 0.3) is 16.7 Å². The van der Waals surface area contributed by atoms with Crippen molar-refractivity contribution in [1.29, 1.82) is 0 Å². The highest BCUT2D eigenvalue weighted by Crippen LogP contribution is 2.25. The summed E-state index contributed by atoms with van der Waals surface area (Å²) in [4.78, 5) is 20.4. The average molecular weight is 428 g/mol. The minimum absolute atomic E-state index is 0.0517. The van der Waals surface area contributed by atoms with Gasteiger partial charge >= 0.3 is 0 Å². The molecule has 0 atom stereocenters. The number of imidazole rings is 1. The molecule has 4 rings (SSSR count). The standard InChI is InChI=1S/C27H29N3O2/c1-5-17-29(27(31)26-19(2)9-8-10-20(26)3)18-25-28-23-11-6-7-12-24(23)30(25)21-13-15-22(32-4)16-14-21/h6-16H,5,17-18H2,1-4H3. The number of ether oxygens (including phenoxy) is 1. The normalized spacial score (nSPS) is 11.0. The molecule has 0 fully saturated rings. The highest BCUT2D eigenvalue weighted by Gasteiger charge is 2.22. The number of para-hydroxylation sites is 2. The molecule has 1 heterocycles. The van der Waals surface area contributed by atoms with Crippen LogP contribution in [0.3, 0.4) is 0 Å². The van der Waals surface area contributed by atoms with E-state index < -0.39 is 0 Å². The number of carbonyl (C=O) groups is 1. The van der Waals surface area contributed by atoms with Gasteiger partial charge in [-0.25, -0.2) is 4.98 Å². The number of aromatic nitrogens is 2. The number of hydrogen-bond acceptors (Lipinski definition) is 3. The van der Waals surface area contributed by atoms with Crippen LogP contribution in [0.15, 0.2) is 66.7 Å². The van der Waals surface area contributed by atoms with Gasteiger partial charge in [-0.05, 0) is 67.8 Å². The van der Waals surface area contributed by atoms with Gasteiger partial charge in [0.15, 0.2) is 0 Å². The van der Waals surface area contributed by atoms with E-state index in [9.17, 15) is 4.79 Å². The summed E-state index contributed by atoms with van der Waals surface area (Å²) in [5.74, 6) is 1.69.